The number of rotatable bonds is 6. The third kappa shape index (κ3) is 5.65. The van der Waals surface area contributed by atoms with Gasteiger partial charge in [-0.15, -0.1) is 0 Å². The topological polar surface area (TPSA) is 96.5 Å². The molecule has 3 N–H and O–H groups in total. The number of hydrogen-bond donors (Lipinski definition) is 3. The molecule has 0 aliphatic heterocycles. The van der Waals surface area contributed by atoms with Gasteiger partial charge in [0.15, 0.2) is 0 Å². The first-order chi connectivity index (χ1) is 12.1. The Labute approximate surface area is 145 Å². The molecule has 0 aromatic heterocycles. The summed E-state index contributed by atoms with van der Waals surface area (Å²) in [4.78, 5) is 35.5. The summed E-state index contributed by atoms with van der Waals surface area (Å²) in [6.45, 7) is -0.275. The molecule has 0 unspecified atom stereocenters. The van der Waals surface area contributed by atoms with E-state index < -0.39 is 11.8 Å². The first kappa shape index (κ1) is 18.0. The van der Waals surface area contributed by atoms with E-state index in [-0.39, 0.29) is 18.9 Å². The average Bonchev–Trinajstić information content (AvgIpc) is 2.65. The third-order valence-corrected chi connectivity index (χ3v) is 3.31. The Bertz CT molecular complexity index is 747. The van der Waals surface area contributed by atoms with Crippen LogP contribution in [0, 0.1) is 0 Å². The van der Waals surface area contributed by atoms with Gasteiger partial charge in [0.2, 0.25) is 5.91 Å². The molecule has 3 amide bonds. The Morgan fingerprint density at radius 2 is 1.52 bits per heavy atom. The summed E-state index contributed by atoms with van der Waals surface area (Å²) in [5.41, 5.74) is 5.71. The fraction of sp³-hybridized carbons (Fsp3) is 0.167. The van der Waals surface area contributed by atoms with Gasteiger partial charge in [0.25, 0.3) is 11.8 Å². The van der Waals surface area contributed by atoms with Gasteiger partial charge < -0.3 is 10.1 Å². The van der Waals surface area contributed by atoms with E-state index in [1.807, 2.05) is 30.3 Å². The van der Waals surface area contributed by atoms with Crippen molar-refractivity contribution in [1.82, 2.24) is 16.2 Å². The number of amides is 3. The molecule has 2 aromatic rings. The predicted octanol–water partition coefficient (Wildman–Crippen LogP) is 0.815. The highest BCUT2D eigenvalue weighted by Gasteiger charge is 2.12. The fourth-order valence-electron chi connectivity index (χ4n) is 2.10. The highest BCUT2D eigenvalue weighted by atomic mass is 16.5. The van der Waals surface area contributed by atoms with Gasteiger partial charge in [0, 0.05) is 0 Å². The van der Waals surface area contributed by atoms with Crippen LogP contribution in [0.15, 0.2) is 54.6 Å². The van der Waals surface area contributed by atoms with Gasteiger partial charge >= 0.3 is 0 Å². The van der Waals surface area contributed by atoms with Crippen LogP contribution < -0.4 is 20.9 Å². The minimum absolute atomic E-state index is 0.148. The summed E-state index contributed by atoms with van der Waals surface area (Å²) in [6, 6.07) is 15.8. The van der Waals surface area contributed by atoms with Crippen LogP contribution >= 0.6 is 0 Å². The summed E-state index contributed by atoms with van der Waals surface area (Å²) in [5, 5.41) is 2.46. The van der Waals surface area contributed by atoms with Gasteiger partial charge in [0.05, 0.1) is 25.6 Å². The van der Waals surface area contributed by atoms with E-state index in [2.05, 4.69) is 16.2 Å². The van der Waals surface area contributed by atoms with E-state index in [0.29, 0.717) is 11.3 Å². The molecule has 0 fully saturated rings. The minimum atomic E-state index is -0.537. The zero-order valence-electron chi connectivity index (χ0n) is 13.7. The summed E-state index contributed by atoms with van der Waals surface area (Å²) in [5.74, 6) is -0.917. The largest absolute Gasteiger partial charge is 0.496 e. The molecule has 0 bridgehead atoms. The molecule has 0 heterocycles. The van der Waals surface area contributed by atoms with E-state index in [0.717, 1.165) is 5.56 Å². The molecular formula is C18H19N3O4. The monoisotopic (exact) mass is 341 g/mol. The van der Waals surface area contributed by atoms with Crippen molar-refractivity contribution < 1.29 is 19.1 Å². The molecule has 0 atom stereocenters. The van der Waals surface area contributed by atoms with Crippen molar-refractivity contribution in [2.75, 3.05) is 13.7 Å². The molecule has 0 saturated heterocycles. The zero-order valence-corrected chi connectivity index (χ0v) is 13.7. The number of para-hydroxylation sites is 1. The number of carbonyl (C=O) groups is 3. The molecule has 0 radical (unpaired) electrons. The lowest BCUT2D eigenvalue weighted by atomic mass is 10.1. The first-order valence-corrected chi connectivity index (χ1v) is 7.63. The number of hydrogen-bond acceptors (Lipinski definition) is 4. The van der Waals surface area contributed by atoms with Gasteiger partial charge in [-0.25, -0.2) is 0 Å². The molecule has 7 heteroatoms. The first-order valence-electron chi connectivity index (χ1n) is 7.63. The van der Waals surface area contributed by atoms with E-state index in [4.69, 9.17) is 4.74 Å². The standard InChI is InChI=1S/C18H19N3O4/c1-25-15-10-6-5-9-14(15)18(24)19-12-17(23)21-20-16(22)11-13-7-3-2-4-8-13/h2-10H,11-12H2,1H3,(H,19,24)(H,20,22)(H,21,23). The average molecular weight is 341 g/mol. The van der Waals surface area contributed by atoms with Crippen molar-refractivity contribution in [3.05, 3.63) is 65.7 Å². The molecule has 130 valence electrons. The molecule has 2 aromatic carbocycles. The van der Waals surface area contributed by atoms with Crippen LogP contribution in [0.4, 0.5) is 0 Å². The van der Waals surface area contributed by atoms with Crippen LogP contribution in [-0.4, -0.2) is 31.4 Å². The van der Waals surface area contributed by atoms with Crippen molar-refractivity contribution >= 4 is 17.7 Å². The molecule has 7 nitrogen and oxygen atoms in total. The second-order valence-corrected chi connectivity index (χ2v) is 5.14. The maximum Gasteiger partial charge on any atom is 0.257 e. The normalized spacial score (nSPS) is 9.80. The van der Waals surface area contributed by atoms with Gasteiger partial charge in [-0.3, -0.25) is 25.2 Å². The highest BCUT2D eigenvalue weighted by Crippen LogP contribution is 2.16. The van der Waals surface area contributed by atoms with E-state index in [9.17, 15) is 14.4 Å². The van der Waals surface area contributed by atoms with Crippen molar-refractivity contribution in [2.24, 2.45) is 0 Å². The zero-order chi connectivity index (χ0) is 18.1. The third-order valence-electron chi connectivity index (χ3n) is 3.31. The van der Waals surface area contributed by atoms with Crippen molar-refractivity contribution in [2.45, 2.75) is 6.42 Å². The number of carbonyl (C=O) groups excluding carboxylic acids is 3. The maximum absolute atomic E-state index is 12.0. The van der Waals surface area contributed by atoms with Gasteiger partial charge in [-0.05, 0) is 17.7 Å². The van der Waals surface area contributed by atoms with Crippen molar-refractivity contribution in [3.8, 4) is 5.75 Å². The second-order valence-electron chi connectivity index (χ2n) is 5.14. The molecule has 0 aliphatic carbocycles. The smallest absolute Gasteiger partial charge is 0.257 e. The molecule has 25 heavy (non-hydrogen) atoms. The van der Waals surface area contributed by atoms with Crippen molar-refractivity contribution in [1.29, 1.82) is 0 Å². The molecule has 0 spiro atoms. The van der Waals surface area contributed by atoms with Gasteiger partial charge in [-0.2, -0.15) is 0 Å². The Morgan fingerprint density at radius 1 is 0.880 bits per heavy atom. The van der Waals surface area contributed by atoms with E-state index in [1.54, 1.807) is 24.3 Å². The fourth-order valence-corrected chi connectivity index (χ4v) is 2.10. The van der Waals surface area contributed by atoms with Crippen LogP contribution in [0.1, 0.15) is 15.9 Å². The quantitative estimate of drug-likeness (QED) is 0.678. The van der Waals surface area contributed by atoms with Crippen molar-refractivity contribution in [3.63, 3.8) is 0 Å². The highest BCUT2D eigenvalue weighted by molar-refractivity contribution is 5.98. The maximum atomic E-state index is 12.0. The Hall–Kier alpha value is -3.35. The Balaban J connectivity index is 1.75. The van der Waals surface area contributed by atoms with Crippen LogP contribution in [0.2, 0.25) is 0 Å². The van der Waals surface area contributed by atoms with E-state index in [1.165, 1.54) is 7.11 Å². The van der Waals surface area contributed by atoms with Crippen LogP contribution in [0.25, 0.3) is 0 Å². The number of benzene rings is 2. The molecule has 0 aliphatic rings. The number of hydrazine groups is 1. The summed E-state index contributed by atoms with van der Waals surface area (Å²) < 4.78 is 5.09. The molecular weight excluding hydrogens is 322 g/mol. The number of methoxy groups -OCH3 is 1. The second kappa shape index (κ2) is 9.07. The summed E-state index contributed by atoms with van der Waals surface area (Å²) in [7, 11) is 1.46. The summed E-state index contributed by atoms with van der Waals surface area (Å²) in [6.07, 6.45) is 0.148. The lowest BCUT2D eigenvalue weighted by molar-refractivity contribution is -0.128. The number of ether oxygens (including phenoxy) is 1. The van der Waals surface area contributed by atoms with Crippen LogP contribution in [-0.2, 0) is 16.0 Å². The van der Waals surface area contributed by atoms with Crippen LogP contribution in [0.3, 0.4) is 0 Å². The summed E-state index contributed by atoms with van der Waals surface area (Å²) >= 11 is 0. The lowest BCUT2D eigenvalue weighted by Gasteiger charge is -2.10. The lowest BCUT2D eigenvalue weighted by Crippen LogP contribution is -2.46. The SMILES string of the molecule is COc1ccccc1C(=O)NCC(=O)NNC(=O)Cc1ccccc1. The minimum Gasteiger partial charge on any atom is -0.496 e. The Morgan fingerprint density at radius 3 is 2.24 bits per heavy atom. The predicted molar refractivity (Wildman–Crippen MR) is 91.8 cm³/mol. The Kier molecular flexibility index (Phi) is 6.53. The number of nitrogens with one attached hydrogen (secondary N) is 3. The van der Waals surface area contributed by atoms with Gasteiger partial charge in [0.1, 0.15) is 5.75 Å². The van der Waals surface area contributed by atoms with E-state index >= 15 is 0 Å². The van der Waals surface area contributed by atoms with Gasteiger partial charge in [-0.1, -0.05) is 42.5 Å². The van der Waals surface area contributed by atoms with Crippen LogP contribution in [0.5, 0.6) is 5.75 Å². The molecule has 0 saturated carbocycles. The molecule has 2 rings (SSSR count).